The van der Waals surface area contributed by atoms with Crippen molar-refractivity contribution in [1.29, 1.82) is 0 Å². The van der Waals surface area contributed by atoms with Crippen LogP contribution in [-0.2, 0) is 9.37 Å². The maximum absolute atomic E-state index is 12.8. The predicted molar refractivity (Wildman–Crippen MR) is 33.3 cm³/mol. The van der Waals surface area contributed by atoms with Gasteiger partial charge in [0.2, 0.25) is 0 Å². The first kappa shape index (κ1) is 16.6. The van der Waals surface area contributed by atoms with Gasteiger partial charge in [0.05, 0.1) is 12.0 Å². The molecule has 0 fully saturated rings. The molecule has 0 aromatic carbocycles. The van der Waals surface area contributed by atoms with Gasteiger partial charge in [0.25, 0.3) is 0 Å². The molecule has 0 bridgehead atoms. The summed E-state index contributed by atoms with van der Waals surface area (Å²) in [5.74, 6) is -6.82. The van der Waals surface area contributed by atoms with E-state index in [-0.39, 0.29) is 0 Å². The van der Waals surface area contributed by atoms with Crippen molar-refractivity contribution in [3.05, 3.63) is 0 Å². The molecule has 0 aliphatic rings. The van der Waals surface area contributed by atoms with Crippen LogP contribution in [0.4, 0.5) is 39.5 Å². The third kappa shape index (κ3) is 2.89. The number of alkyl halides is 9. The fourth-order valence-electron chi connectivity index (χ4n) is 0.522. The zero-order chi connectivity index (χ0) is 14.1. The standard InChI is InChI=1S/C4HF9O3S/c5-1(6,3(8,9)10)2(7,4(11,12)13)17-16-15-14/h14H. The van der Waals surface area contributed by atoms with Crippen LogP contribution in [0.15, 0.2) is 0 Å². The van der Waals surface area contributed by atoms with Gasteiger partial charge in [-0.3, -0.25) is 0 Å². The average molecular weight is 300 g/mol. The van der Waals surface area contributed by atoms with Crippen molar-refractivity contribution < 1.29 is 54.1 Å². The summed E-state index contributed by atoms with van der Waals surface area (Å²) < 4.78 is 111. The minimum atomic E-state index is -6.83. The van der Waals surface area contributed by atoms with Crippen molar-refractivity contribution >= 4 is 12.0 Å². The molecule has 0 heterocycles. The Kier molecular flexibility index (Phi) is 4.59. The number of halogens is 9. The lowest BCUT2D eigenvalue weighted by molar-refractivity contribution is -0.436. The van der Waals surface area contributed by atoms with E-state index >= 15 is 0 Å². The fraction of sp³-hybridized carbons (Fsp3) is 1.00. The van der Waals surface area contributed by atoms with Crippen molar-refractivity contribution in [3.63, 3.8) is 0 Å². The molecule has 1 N–H and O–H groups in total. The van der Waals surface area contributed by atoms with Gasteiger partial charge in [-0.15, -0.1) is 4.33 Å². The van der Waals surface area contributed by atoms with Gasteiger partial charge in [-0.05, 0) is 0 Å². The summed E-state index contributed by atoms with van der Waals surface area (Å²) >= 11 is -2.07. The first-order valence-corrected chi connectivity index (χ1v) is 3.91. The van der Waals surface area contributed by atoms with E-state index in [2.05, 4.69) is 9.37 Å². The van der Waals surface area contributed by atoms with Crippen LogP contribution < -0.4 is 0 Å². The average Bonchev–Trinajstić information content (AvgIpc) is 2.10. The molecule has 0 aromatic rings. The van der Waals surface area contributed by atoms with E-state index in [4.69, 9.17) is 5.26 Å². The second-order valence-electron chi connectivity index (χ2n) is 2.39. The van der Waals surface area contributed by atoms with E-state index < -0.39 is 35.3 Å². The highest BCUT2D eigenvalue weighted by atomic mass is 32.2. The third-order valence-electron chi connectivity index (χ3n) is 1.30. The van der Waals surface area contributed by atoms with E-state index in [1.165, 1.54) is 0 Å². The first-order valence-electron chi connectivity index (χ1n) is 3.17. The summed E-state index contributed by atoms with van der Waals surface area (Å²) in [7, 11) is 0. The third-order valence-corrected chi connectivity index (χ3v) is 2.15. The molecular weight excluding hydrogens is 299 g/mol. The Bertz CT molecular complexity index is 262. The highest BCUT2D eigenvalue weighted by Crippen LogP contribution is 2.58. The fourth-order valence-corrected chi connectivity index (χ4v) is 0.961. The van der Waals surface area contributed by atoms with Crippen LogP contribution in [0.5, 0.6) is 0 Å². The lowest BCUT2D eigenvalue weighted by atomic mass is 10.2. The molecular formula is C4HF9O3S. The van der Waals surface area contributed by atoms with E-state index in [9.17, 15) is 39.5 Å². The molecule has 0 aliphatic carbocycles. The number of rotatable bonds is 4. The Labute approximate surface area is 90.5 Å². The molecule has 0 amide bonds. The minimum Gasteiger partial charge on any atom is -0.220 e. The largest absolute Gasteiger partial charge is 0.458 e. The maximum Gasteiger partial charge on any atom is 0.458 e. The van der Waals surface area contributed by atoms with E-state index in [0.29, 0.717) is 0 Å². The van der Waals surface area contributed by atoms with E-state index in [1.54, 1.807) is 0 Å². The van der Waals surface area contributed by atoms with Crippen LogP contribution in [0.2, 0.25) is 0 Å². The molecule has 0 saturated carbocycles. The monoisotopic (exact) mass is 300 g/mol. The molecule has 0 saturated heterocycles. The normalized spacial score (nSPS) is 18.0. The van der Waals surface area contributed by atoms with Crippen LogP contribution in [0.25, 0.3) is 0 Å². The Morgan fingerprint density at radius 2 is 1.18 bits per heavy atom. The van der Waals surface area contributed by atoms with Gasteiger partial charge in [-0.2, -0.15) is 35.1 Å². The topological polar surface area (TPSA) is 38.7 Å². The first-order chi connectivity index (χ1) is 7.31. The Balaban J connectivity index is 5.48. The van der Waals surface area contributed by atoms with Crippen molar-refractivity contribution in [2.24, 2.45) is 0 Å². The van der Waals surface area contributed by atoms with Crippen LogP contribution in [0.3, 0.4) is 0 Å². The summed E-state index contributed by atoms with van der Waals surface area (Å²) in [5.41, 5.74) is 0. The van der Waals surface area contributed by atoms with Gasteiger partial charge >= 0.3 is 23.3 Å². The van der Waals surface area contributed by atoms with Gasteiger partial charge < -0.3 is 0 Å². The molecule has 1 unspecified atom stereocenters. The summed E-state index contributed by atoms with van der Waals surface area (Å²) in [6, 6.07) is 0. The quantitative estimate of drug-likeness (QED) is 0.373. The van der Waals surface area contributed by atoms with Gasteiger partial charge in [0, 0.05) is 0 Å². The van der Waals surface area contributed by atoms with Crippen molar-refractivity contribution in [2.45, 2.75) is 23.3 Å². The van der Waals surface area contributed by atoms with Crippen LogP contribution in [0.1, 0.15) is 0 Å². The second-order valence-corrected chi connectivity index (χ2v) is 3.26. The molecule has 1 atom stereocenters. The molecule has 0 aliphatic heterocycles. The van der Waals surface area contributed by atoms with Gasteiger partial charge in [-0.1, -0.05) is 5.04 Å². The lowest BCUT2D eigenvalue weighted by Gasteiger charge is -2.33. The lowest BCUT2D eigenvalue weighted by Crippen LogP contribution is -2.60. The zero-order valence-corrected chi connectivity index (χ0v) is 7.89. The molecule has 104 valence electrons. The van der Waals surface area contributed by atoms with E-state index in [0.717, 1.165) is 0 Å². The Morgan fingerprint density at radius 3 is 1.41 bits per heavy atom. The van der Waals surface area contributed by atoms with Crippen molar-refractivity contribution in [2.75, 3.05) is 0 Å². The van der Waals surface area contributed by atoms with Crippen molar-refractivity contribution in [3.8, 4) is 0 Å². The minimum absolute atomic E-state index is 2.07. The number of hydrogen-bond donors (Lipinski definition) is 1. The second kappa shape index (κ2) is 4.70. The molecule has 0 spiro atoms. The maximum atomic E-state index is 12.8. The highest BCUT2D eigenvalue weighted by molar-refractivity contribution is 7.96. The molecule has 0 aromatic heterocycles. The van der Waals surface area contributed by atoms with Gasteiger partial charge in [0.1, 0.15) is 0 Å². The summed E-state index contributed by atoms with van der Waals surface area (Å²) in [6.45, 7) is 0. The molecule has 17 heavy (non-hydrogen) atoms. The van der Waals surface area contributed by atoms with Gasteiger partial charge in [-0.25, -0.2) is 9.65 Å². The van der Waals surface area contributed by atoms with Crippen LogP contribution >= 0.6 is 12.0 Å². The molecule has 3 nitrogen and oxygen atoms in total. The molecule has 0 radical (unpaired) electrons. The van der Waals surface area contributed by atoms with Gasteiger partial charge in [0.15, 0.2) is 0 Å². The van der Waals surface area contributed by atoms with Crippen LogP contribution in [-0.4, -0.2) is 28.5 Å². The summed E-state index contributed by atoms with van der Waals surface area (Å²) in [5, 5.41) is 3.54. The Hall–Kier alpha value is -0.400. The van der Waals surface area contributed by atoms with Crippen LogP contribution in [0, 0.1) is 0 Å². The smallest absolute Gasteiger partial charge is 0.220 e. The summed E-state index contributed by atoms with van der Waals surface area (Å²) in [6.07, 6.45) is -13.5. The highest BCUT2D eigenvalue weighted by Gasteiger charge is 2.83. The predicted octanol–water partition coefficient (Wildman–Crippen LogP) is 3.48. The SMILES string of the molecule is OOOSC(F)(C(F)(F)F)C(F)(F)C(F)(F)F. The zero-order valence-electron chi connectivity index (χ0n) is 7.07. The molecule has 0 rings (SSSR count). The Morgan fingerprint density at radius 1 is 0.765 bits per heavy atom. The molecule has 13 heteroatoms. The number of hydrogen-bond acceptors (Lipinski definition) is 4. The van der Waals surface area contributed by atoms with Crippen molar-refractivity contribution in [1.82, 2.24) is 0 Å². The summed E-state index contributed by atoms with van der Waals surface area (Å²) in [4.78, 5) is 0. The van der Waals surface area contributed by atoms with E-state index in [1.807, 2.05) is 0 Å².